The molecule has 2 aliphatic rings. The van der Waals surface area contributed by atoms with E-state index < -0.39 is 23.5 Å². The molecule has 0 bridgehead atoms. The first-order valence-corrected chi connectivity index (χ1v) is 22.5. The van der Waals surface area contributed by atoms with Gasteiger partial charge in [0.25, 0.3) is 5.91 Å². The van der Waals surface area contributed by atoms with Crippen LogP contribution in [0.4, 0.5) is 22.7 Å². The first-order valence-electron chi connectivity index (χ1n) is 22.1. The Labute approximate surface area is 413 Å². The van der Waals surface area contributed by atoms with E-state index >= 15 is 0 Å². The van der Waals surface area contributed by atoms with Gasteiger partial charge in [-0.2, -0.15) is 15.5 Å². The number of nitrogens with zero attached hydrogens (tertiary/aromatic N) is 4. The Hall–Kier alpha value is -8.92. The van der Waals surface area contributed by atoms with E-state index in [1.165, 1.54) is 42.5 Å². The van der Waals surface area contributed by atoms with Gasteiger partial charge in [0.1, 0.15) is 34.6 Å². The Morgan fingerprint density at radius 1 is 0.831 bits per heavy atom. The number of hydrogen-bond donors (Lipinski definition) is 4. The van der Waals surface area contributed by atoms with E-state index in [1.807, 2.05) is 49.3 Å². The smallest absolute Gasteiger partial charge is 0.348 e. The molecule has 0 saturated heterocycles. The summed E-state index contributed by atoms with van der Waals surface area (Å²) in [6.45, 7) is 1.00. The number of rotatable bonds is 16. The van der Waals surface area contributed by atoms with Crippen LogP contribution in [0.15, 0.2) is 143 Å². The Morgan fingerprint density at radius 3 is 2.24 bits per heavy atom. The summed E-state index contributed by atoms with van der Waals surface area (Å²) >= 11 is 5.40. The average Bonchev–Trinajstić information content (AvgIpc) is 3.65. The van der Waals surface area contributed by atoms with Gasteiger partial charge in [0.05, 0.1) is 35.7 Å². The predicted octanol–water partition coefficient (Wildman–Crippen LogP) is 8.86. The highest BCUT2D eigenvalue weighted by Crippen LogP contribution is 2.57. The molecule has 0 saturated carbocycles. The number of phenols is 1. The molecule has 1 spiro atoms. The maximum absolute atomic E-state index is 13.8. The number of nitriles is 1. The number of azo groups is 1. The van der Waals surface area contributed by atoms with Gasteiger partial charge in [-0.3, -0.25) is 4.79 Å². The molecular formula is C53H45N7O10S. The molecule has 2 heterocycles. The maximum Gasteiger partial charge on any atom is 0.348 e. The third kappa shape index (κ3) is 10.9. The minimum Gasteiger partial charge on any atom is -0.508 e. The van der Waals surface area contributed by atoms with Gasteiger partial charge in [-0.1, -0.05) is 24.3 Å². The van der Waals surface area contributed by atoms with E-state index in [2.05, 4.69) is 26.2 Å². The van der Waals surface area contributed by atoms with Crippen molar-refractivity contribution < 1.29 is 48.0 Å². The van der Waals surface area contributed by atoms with E-state index in [-0.39, 0.29) is 70.7 Å². The summed E-state index contributed by atoms with van der Waals surface area (Å²) in [5.74, 6) is -2.35. The molecule has 2 aliphatic heterocycles. The zero-order valence-corrected chi connectivity index (χ0v) is 39.4. The van der Waals surface area contributed by atoms with Crippen LogP contribution in [0.25, 0.3) is 6.08 Å². The van der Waals surface area contributed by atoms with Crippen molar-refractivity contribution in [2.75, 3.05) is 57.7 Å². The monoisotopic (exact) mass is 971 g/mol. The molecule has 1 atom stereocenters. The highest BCUT2D eigenvalue weighted by atomic mass is 32.1. The Kier molecular flexibility index (Phi) is 14.8. The molecule has 0 fully saturated rings. The predicted molar refractivity (Wildman–Crippen MR) is 267 cm³/mol. The summed E-state index contributed by atoms with van der Waals surface area (Å²) in [6.07, 6.45) is 1.49. The number of aromatic hydroxyl groups is 1. The largest absolute Gasteiger partial charge is 0.508 e. The van der Waals surface area contributed by atoms with Crippen LogP contribution in [0.5, 0.6) is 23.0 Å². The number of carbonyl (C=O) groups is 4. The summed E-state index contributed by atoms with van der Waals surface area (Å²) in [5, 5.41) is 38.1. The third-order valence-corrected chi connectivity index (χ3v) is 11.5. The molecule has 18 heteroatoms. The number of fused-ring (bicyclic) bond motifs is 6. The summed E-state index contributed by atoms with van der Waals surface area (Å²) in [4.78, 5) is 55.2. The van der Waals surface area contributed by atoms with Gasteiger partial charge < -0.3 is 49.6 Å². The molecule has 6 aromatic carbocycles. The molecule has 4 N–H and O–H groups in total. The molecule has 358 valence electrons. The number of phenolic OH excluding ortho intramolecular Hbond substituents is 1. The summed E-state index contributed by atoms with van der Waals surface area (Å²) in [7, 11) is 5.49. The lowest BCUT2D eigenvalue weighted by Gasteiger charge is -2.36. The number of carbonyl (C=O) groups excluding carboxylic acids is 4. The number of esters is 3. The SMILES string of the molecule is COCCNC(=S)Nc1ccc2c(c1)C(=O)OC21c2ccc(O)cc2Oc2cc(OC(=O)c3ccccc3/C=C(\C#N)C(=O)OCCCNC(=O)c3ccc(N=Nc4ccc(N(C)C)cc4)cc3)ccc21. The zero-order valence-electron chi connectivity index (χ0n) is 38.6. The van der Waals surface area contributed by atoms with E-state index in [4.69, 9.17) is 35.9 Å². The number of hydrogen-bond acceptors (Lipinski definition) is 15. The van der Waals surface area contributed by atoms with E-state index in [1.54, 1.807) is 73.8 Å². The fraction of sp³-hybridized carbons (Fsp3) is 0.170. The van der Waals surface area contributed by atoms with Crippen LogP contribution in [0.1, 0.15) is 59.7 Å². The van der Waals surface area contributed by atoms with Crippen LogP contribution in [0, 0.1) is 11.3 Å². The minimum absolute atomic E-state index is 0.0311. The number of benzene rings is 6. The summed E-state index contributed by atoms with van der Waals surface area (Å²) < 4.78 is 28.7. The fourth-order valence-electron chi connectivity index (χ4n) is 7.77. The summed E-state index contributed by atoms with van der Waals surface area (Å²) in [5.41, 5.74) is 3.28. The van der Waals surface area contributed by atoms with Crippen molar-refractivity contribution in [1.82, 2.24) is 10.6 Å². The van der Waals surface area contributed by atoms with Gasteiger partial charge in [0.2, 0.25) is 0 Å². The Morgan fingerprint density at radius 2 is 1.52 bits per heavy atom. The number of anilines is 2. The van der Waals surface area contributed by atoms with Crippen molar-refractivity contribution in [2.45, 2.75) is 12.0 Å². The van der Waals surface area contributed by atoms with Crippen molar-refractivity contribution in [2.24, 2.45) is 10.2 Å². The van der Waals surface area contributed by atoms with Crippen LogP contribution in [0.3, 0.4) is 0 Å². The molecule has 0 aliphatic carbocycles. The Balaban J connectivity index is 0.898. The van der Waals surface area contributed by atoms with Gasteiger partial charge in [0, 0.05) is 80.1 Å². The van der Waals surface area contributed by atoms with Gasteiger partial charge in [-0.05, 0) is 121 Å². The molecule has 6 aromatic rings. The lowest BCUT2D eigenvalue weighted by atomic mass is 9.77. The maximum atomic E-state index is 13.8. The van der Waals surface area contributed by atoms with Crippen LogP contribution in [0.2, 0.25) is 0 Å². The minimum atomic E-state index is -1.50. The second-order valence-corrected chi connectivity index (χ2v) is 16.6. The van der Waals surface area contributed by atoms with Crippen molar-refractivity contribution in [3.63, 3.8) is 0 Å². The highest BCUT2D eigenvalue weighted by Gasteiger charge is 2.53. The van der Waals surface area contributed by atoms with Crippen molar-refractivity contribution in [3.05, 3.63) is 172 Å². The average molecular weight is 972 g/mol. The molecule has 8 rings (SSSR count). The zero-order chi connectivity index (χ0) is 50.1. The fourth-order valence-corrected chi connectivity index (χ4v) is 7.99. The van der Waals surface area contributed by atoms with Gasteiger partial charge >= 0.3 is 17.9 Å². The van der Waals surface area contributed by atoms with Crippen LogP contribution in [-0.4, -0.2) is 81.5 Å². The topological polar surface area (TPSA) is 222 Å². The molecular weight excluding hydrogens is 927 g/mol. The Bertz CT molecular complexity index is 3150. The van der Waals surface area contributed by atoms with E-state index in [0.717, 1.165) is 5.69 Å². The molecule has 1 unspecified atom stereocenters. The second-order valence-electron chi connectivity index (χ2n) is 16.2. The van der Waals surface area contributed by atoms with Gasteiger partial charge in [-0.15, -0.1) is 0 Å². The highest BCUT2D eigenvalue weighted by molar-refractivity contribution is 7.80. The second kappa shape index (κ2) is 21.6. The first-order chi connectivity index (χ1) is 34.4. The van der Waals surface area contributed by atoms with E-state index in [0.29, 0.717) is 57.6 Å². The number of thiocarbonyl (C=S) groups is 1. The van der Waals surface area contributed by atoms with Crippen molar-refractivity contribution >= 4 is 70.0 Å². The van der Waals surface area contributed by atoms with E-state index in [9.17, 15) is 29.5 Å². The first kappa shape index (κ1) is 48.5. The third-order valence-electron chi connectivity index (χ3n) is 11.3. The van der Waals surface area contributed by atoms with Gasteiger partial charge in [-0.25, -0.2) is 14.4 Å². The number of nitrogens with one attached hydrogen (secondary N) is 3. The lowest BCUT2D eigenvalue weighted by Crippen LogP contribution is -2.33. The van der Waals surface area contributed by atoms with Crippen LogP contribution in [-0.2, 0) is 24.6 Å². The quantitative estimate of drug-likeness (QED) is 0.0135. The molecule has 71 heavy (non-hydrogen) atoms. The number of amides is 1. The lowest BCUT2D eigenvalue weighted by molar-refractivity contribution is -0.138. The van der Waals surface area contributed by atoms with Crippen LogP contribution < -0.4 is 30.3 Å². The molecule has 1 amide bonds. The molecule has 17 nitrogen and oxygen atoms in total. The number of methoxy groups -OCH3 is 1. The normalized spacial score (nSPS) is 14.2. The van der Waals surface area contributed by atoms with Crippen LogP contribution >= 0.6 is 12.2 Å². The number of ether oxygens (including phenoxy) is 5. The van der Waals surface area contributed by atoms with Gasteiger partial charge in [0.15, 0.2) is 10.7 Å². The van der Waals surface area contributed by atoms with Crippen molar-refractivity contribution in [3.8, 4) is 29.1 Å². The standard InChI is InChI=1S/C53H45N7O10S/c1-60(2)38-16-13-36(14-17-38)59-58-35-11-9-32(10-12-35)48(62)55-23-6-25-67-49(63)34(31-54)27-33-7-4-5-8-41(33)50(64)68-40-19-22-45-47(30-40)69-46-29-39(61)18-21-44(46)53(45)43-20-15-37(28-42(43)51(65)70-53)57-52(71)56-24-26-66-3/h4-5,7-22,27-30,61H,6,23-26H2,1-3H3,(H,55,62)(H2,56,57,71)/b34-27+,59-58?. The molecule has 0 radical (unpaired) electrons. The summed E-state index contributed by atoms with van der Waals surface area (Å²) in [6, 6.07) is 36.5. The van der Waals surface area contributed by atoms with Crippen molar-refractivity contribution in [1.29, 1.82) is 5.26 Å². The molecule has 0 aromatic heterocycles.